The monoisotopic (exact) mass is 326 g/mol. The average Bonchev–Trinajstić information content (AvgIpc) is 2.64. The van der Waals surface area contributed by atoms with E-state index in [0.717, 1.165) is 54.9 Å². The first kappa shape index (κ1) is 16.8. The predicted octanol–water partition coefficient (Wildman–Crippen LogP) is 3.07. The minimum Gasteiger partial charge on any atom is -0.483 e. The van der Waals surface area contributed by atoms with Crippen molar-refractivity contribution in [2.24, 2.45) is 5.92 Å². The van der Waals surface area contributed by atoms with E-state index >= 15 is 0 Å². The molecule has 0 aromatic heterocycles. The first-order valence-electron chi connectivity index (χ1n) is 8.81. The van der Waals surface area contributed by atoms with Crippen LogP contribution in [0.25, 0.3) is 10.8 Å². The number of benzene rings is 2. The van der Waals surface area contributed by atoms with Crippen LogP contribution in [0.1, 0.15) is 19.3 Å². The second-order valence-electron chi connectivity index (χ2n) is 6.48. The number of ether oxygens (including phenoxy) is 1. The maximum absolute atomic E-state index is 12.4. The maximum Gasteiger partial charge on any atom is 0.260 e. The van der Waals surface area contributed by atoms with Crippen LogP contribution in [0.5, 0.6) is 5.75 Å². The van der Waals surface area contributed by atoms with Crippen molar-refractivity contribution in [1.82, 2.24) is 10.2 Å². The zero-order valence-corrected chi connectivity index (χ0v) is 14.3. The van der Waals surface area contributed by atoms with E-state index in [2.05, 4.69) is 17.4 Å². The first-order valence-corrected chi connectivity index (χ1v) is 8.81. The third kappa shape index (κ3) is 4.06. The molecule has 1 aliphatic rings. The molecule has 0 unspecified atom stereocenters. The van der Waals surface area contributed by atoms with Crippen LogP contribution >= 0.6 is 0 Å². The van der Waals surface area contributed by atoms with Crippen LogP contribution in [0.3, 0.4) is 0 Å². The minimum atomic E-state index is 0.0926. The molecule has 1 fully saturated rings. The van der Waals surface area contributed by atoms with Crippen molar-refractivity contribution in [3.8, 4) is 5.75 Å². The topological polar surface area (TPSA) is 41.6 Å². The van der Waals surface area contributed by atoms with Crippen LogP contribution in [-0.4, -0.2) is 44.1 Å². The zero-order chi connectivity index (χ0) is 16.8. The molecule has 0 saturated carbocycles. The van der Waals surface area contributed by atoms with Gasteiger partial charge in [-0.05, 0) is 50.2 Å². The van der Waals surface area contributed by atoms with E-state index in [-0.39, 0.29) is 12.5 Å². The number of carbonyl (C=O) groups is 1. The molecule has 0 radical (unpaired) electrons. The lowest BCUT2D eigenvalue weighted by atomic mass is 9.93. The van der Waals surface area contributed by atoms with Gasteiger partial charge in [0.05, 0.1) is 0 Å². The number of hydrogen-bond acceptors (Lipinski definition) is 3. The Kier molecular flexibility index (Phi) is 5.70. The quantitative estimate of drug-likeness (QED) is 0.887. The number of hydrogen-bond donors (Lipinski definition) is 1. The van der Waals surface area contributed by atoms with E-state index in [1.807, 2.05) is 42.3 Å². The van der Waals surface area contributed by atoms with Gasteiger partial charge in [0.25, 0.3) is 5.91 Å². The third-order valence-electron chi connectivity index (χ3n) is 4.87. The summed E-state index contributed by atoms with van der Waals surface area (Å²) >= 11 is 0. The Hall–Kier alpha value is -2.07. The fourth-order valence-corrected chi connectivity index (χ4v) is 3.37. The van der Waals surface area contributed by atoms with Gasteiger partial charge < -0.3 is 15.0 Å². The van der Waals surface area contributed by atoms with Crippen molar-refractivity contribution in [2.45, 2.75) is 19.3 Å². The summed E-state index contributed by atoms with van der Waals surface area (Å²) in [4.78, 5) is 14.4. The average molecular weight is 326 g/mol. The lowest BCUT2D eigenvalue weighted by Crippen LogP contribution is -2.41. The lowest BCUT2D eigenvalue weighted by Gasteiger charge is -2.32. The van der Waals surface area contributed by atoms with Gasteiger partial charge in [0.15, 0.2) is 6.61 Å². The Labute approximate surface area is 143 Å². The summed E-state index contributed by atoms with van der Waals surface area (Å²) in [6, 6.07) is 14.0. The lowest BCUT2D eigenvalue weighted by molar-refractivity contribution is -0.134. The van der Waals surface area contributed by atoms with E-state index in [1.54, 1.807) is 0 Å². The Morgan fingerprint density at radius 3 is 2.71 bits per heavy atom. The van der Waals surface area contributed by atoms with Gasteiger partial charge in [0.1, 0.15) is 5.75 Å². The normalized spacial score (nSPS) is 15.6. The molecule has 4 nitrogen and oxygen atoms in total. The number of carbonyl (C=O) groups excluding carboxylic acids is 1. The summed E-state index contributed by atoms with van der Waals surface area (Å²) in [5.74, 6) is 1.61. The maximum atomic E-state index is 12.4. The van der Waals surface area contributed by atoms with E-state index in [4.69, 9.17) is 4.74 Å². The molecule has 2 aromatic carbocycles. The van der Waals surface area contributed by atoms with Crippen LogP contribution in [0.15, 0.2) is 42.5 Å². The van der Waals surface area contributed by atoms with E-state index in [1.165, 1.54) is 6.42 Å². The van der Waals surface area contributed by atoms with Crippen LogP contribution < -0.4 is 10.1 Å². The molecule has 1 amide bonds. The number of rotatable bonds is 6. The predicted molar refractivity (Wildman–Crippen MR) is 97.3 cm³/mol. The number of nitrogens with zero attached hydrogens (tertiary/aromatic N) is 1. The molecule has 24 heavy (non-hydrogen) atoms. The molecule has 128 valence electrons. The highest BCUT2D eigenvalue weighted by atomic mass is 16.5. The van der Waals surface area contributed by atoms with Crippen LogP contribution in [0.2, 0.25) is 0 Å². The Morgan fingerprint density at radius 2 is 1.92 bits per heavy atom. The van der Waals surface area contributed by atoms with Gasteiger partial charge in [-0.15, -0.1) is 0 Å². The molecule has 1 heterocycles. The molecule has 0 bridgehead atoms. The zero-order valence-electron chi connectivity index (χ0n) is 14.3. The van der Waals surface area contributed by atoms with Crippen LogP contribution in [0, 0.1) is 5.92 Å². The molecule has 0 spiro atoms. The summed E-state index contributed by atoms with van der Waals surface area (Å²) in [5, 5.41) is 5.39. The molecular formula is C20H26N2O2. The number of amides is 1. The standard InChI is InChI=1S/C20H26N2O2/c1-21-12-9-16-10-13-22(14-11-16)20(23)15-24-19-8-4-6-17-5-2-3-7-18(17)19/h2-8,16,21H,9-15H2,1H3. The summed E-state index contributed by atoms with van der Waals surface area (Å²) in [5.41, 5.74) is 0. The smallest absolute Gasteiger partial charge is 0.260 e. The molecule has 2 aromatic rings. The fourth-order valence-electron chi connectivity index (χ4n) is 3.37. The van der Waals surface area contributed by atoms with Gasteiger partial charge in [-0.3, -0.25) is 4.79 Å². The fraction of sp³-hybridized carbons (Fsp3) is 0.450. The summed E-state index contributed by atoms with van der Waals surface area (Å²) in [6.45, 7) is 2.89. The number of likely N-dealkylation sites (tertiary alicyclic amines) is 1. The van der Waals surface area contributed by atoms with Crippen LogP contribution in [-0.2, 0) is 4.79 Å². The molecule has 1 saturated heterocycles. The van der Waals surface area contributed by atoms with Crippen molar-refractivity contribution >= 4 is 16.7 Å². The van der Waals surface area contributed by atoms with E-state index < -0.39 is 0 Å². The molecule has 0 aliphatic carbocycles. The third-order valence-corrected chi connectivity index (χ3v) is 4.87. The highest BCUT2D eigenvalue weighted by Gasteiger charge is 2.22. The van der Waals surface area contributed by atoms with Crippen molar-refractivity contribution < 1.29 is 9.53 Å². The van der Waals surface area contributed by atoms with E-state index in [0.29, 0.717) is 0 Å². The summed E-state index contributed by atoms with van der Waals surface area (Å²) in [6.07, 6.45) is 3.40. The van der Waals surface area contributed by atoms with Crippen molar-refractivity contribution in [3.05, 3.63) is 42.5 Å². The molecule has 0 atom stereocenters. The molecule has 1 aliphatic heterocycles. The first-order chi connectivity index (χ1) is 11.8. The van der Waals surface area contributed by atoms with Gasteiger partial charge in [-0.1, -0.05) is 36.4 Å². The van der Waals surface area contributed by atoms with Crippen LogP contribution in [0.4, 0.5) is 0 Å². The Bertz CT molecular complexity index is 673. The summed E-state index contributed by atoms with van der Waals surface area (Å²) in [7, 11) is 1.99. The van der Waals surface area contributed by atoms with Crippen molar-refractivity contribution in [2.75, 3.05) is 33.3 Å². The van der Waals surface area contributed by atoms with Gasteiger partial charge in [-0.2, -0.15) is 0 Å². The van der Waals surface area contributed by atoms with Gasteiger partial charge in [0.2, 0.25) is 0 Å². The highest BCUT2D eigenvalue weighted by Crippen LogP contribution is 2.25. The Morgan fingerprint density at radius 1 is 1.17 bits per heavy atom. The van der Waals surface area contributed by atoms with Crippen molar-refractivity contribution in [1.29, 1.82) is 0 Å². The number of nitrogens with one attached hydrogen (secondary N) is 1. The molecule has 4 heteroatoms. The largest absolute Gasteiger partial charge is 0.483 e. The SMILES string of the molecule is CNCCC1CCN(C(=O)COc2cccc3ccccc23)CC1. The molecule has 3 rings (SSSR count). The second kappa shape index (κ2) is 8.15. The number of piperidine rings is 1. The van der Waals surface area contributed by atoms with Gasteiger partial charge >= 0.3 is 0 Å². The van der Waals surface area contributed by atoms with E-state index in [9.17, 15) is 4.79 Å². The molecular weight excluding hydrogens is 300 g/mol. The second-order valence-corrected chi connectivity index (χ2v) is 6.48. The Balaban J connectivity index is 1.52. The van der Waals surface area contributed by atoms with Gasteiger partial charge in [-0.25, -0.2) is 0 Å². The number of fused-ring (bicyclic) bond motifs is 1. The van der Waals surface area contributed by atoms with Crippen molar-refractivity contribution in [3.63, 3.8) is 0 Å². The highest BCUT2D eigenvalue weighted by molar-refractivity contribution is 5.88. The summed E-state index contributed by atoms with van der Waals surface area (Å²) < 4.78 is 5.82. The molecule has 1 N–H and O–H groups in total. The van der Waals surface area contributed by atoms with Gasteiger partial charge in [0, 0.05) is 18.5 Å². The minimum absolute atomic E-state index is 0.0926.